The number of fused-ring (bicyclic) bond motifs is 1. The van der Waals surface area contributed by atoms with Crippen LogP contribution in [-0.2, 0) is 11.3 Å². The van der Waals surface area contributed by atoms with Crippen LogP contribution in [0.5, 0.6) is 0 Å². The molecule has 0 bridgehead atoms. The molecule has 3 aliphatic heterocycles. The van der Waals surface area contributed by atoms with Gasteiger partial charge in [-0.3, -0.25) is 19.5 Å². The van der Waals surface area contributed by atoms with Gasteiger partial charge in [-0.05, 0) is 49.3 Å². The van der Waals surface area contributed by atoms with E-state index >= 15 is 0 Å². The zero-order valence-electron chi connectivity index (χ0n) is 17.8. The molecule has 1 atom stereocenters. The lowest BCUT2D eigenvalue weighted by atomic mass is 9.99. The SMILES string of the molecule is Cc1ccc(C[N+]2=C(CN3CCC(C)CC3)N=C3C2C(=O)N(C)C(=O)N3C)cc1. The Kier molecular flexibility index (Phi) is 5.25. The molecular formula is C22H30N5O2+. The number of urea groups is 1. The van der Waals surface area contributed by atoms with E-state index in [1.54, 1.807) is 14.1 Å². The van der Waals surface area contributed by atoms with E-state index < -0.39 is 6.04 Å². The Hall–Kier alpha value is -2.54. The van der Waals surface area contributed by atoms with Crippen LogP contribution < -0.4 is 0 Å². The highest BCUT2D eigenvalue weighted by Crippen LogP contribution is 2.22. The first-order valence-electron chi connectivity index (χ1n) is 10.4. The summed E-state index contributed by atoms with van der Waals surface area (Å²) in [6.07, 6.45) is 2.37. The fraction of sp³-hybridized carbons (Fsp3) is 0.545. The number of hydrogen-bond donors (Lipinski definition) is 0. The lowest BCUT2D eigenvalue weighted by Crippen LogP contribution is -2.61. The average Bonchev–Trinajstić information content (AvgIpc) is 3.06. The van der Waals surface area contributed by atoms with Crippen molar-refractivity contribution >= 4 is 23.6 Å². The first kappa shape index (κ1) is 19.8. The lowest BCUT2D eigenvalue weighted by molar-refractivity contribution is -0.552. The number of aryl methyl sites for hydroxylation is 1. The van der Waals surface area contributed by atoms with Gasteiger partial charge in [0.05, 0.1) is 0 Å². The molecule has 0 N–H and O–H groups in total. The summed E-state index contributed by atoms with van der Waals surface area (Å²) in [6.45, 7) is 7.75. The highest BCUT2D eigenvalue weighted by molar-refractivity contribution is 6.23. The molecule has 29 heavy (non-hydrogen) atoms. The second-order valence-electron chi connectivity index (χ2n) is 8.60. The monoisotopic (exact) mass is 396 g/mol. The number of carbonyl (C=O) groups excluding carboxylic acids is 2. The number of nitrogens with zero attached hydrogens (tertiary/aromatic N) is 5. The van der Waals surface area contributed by atoms with Crippen LogP contribution in [0, 0.1) is 12.8 Å². The van der Waals surface area contributed by atoms with Gasteiger partial charge in [0.2, 0.25) is 0 Å². The number of piperidine rings is 1. The summed E-state index contributed by atoms with van der Waals surface area (Å²) in [6, 6.07) is 7.50. The molecule has 2 fully saturated rings. The molecule has 7 heteroatoms. The Morgan fingerprint density at radius 3 is 2.38 bits per heavy atom. The minimum Gasteiger partial charge on any atom is -0.292 e. The quantitative estimate of drug-likeness (QED) is 0.731. The van der Waals surface area contributed by atoms with E-state index in [9.17, 15) is 9.59 Å². The van der Waals surface area contributed by atoms with Crippen molar-refractivity contribution in [1.82, 2.24) is 14.7 Å². The van der Waals surface area contributed by atoms with Crippen molar-refractivity contribution in [3.8, 4) is 0 Å². The molecule has 2 saturated heterocycles. The number of hydrogen-bond acceptors (Lipinski definition) is 4. The third-order valence-electron chi connectivity index (χ3n) is 6.33. The van der Waals surface area contributed by atoms with Crippen LogP contribution in [0.25, 0.3) is 0 Å². The summed E-state index contributed by atoms with van der Waals surface area (Å²) < 4.78 is 2.08. The normalized spacial score (nSPS) is 23.7. The number of rotatable bonds is 4. The van der Waals surface area contributed by atoms with Crippen LogP contribution >= 0.6 is 0 Å². The molecule has 0 aliphatic carbocycles. The Morgan fingerprint density at radius 1 is 1.07 bits per heavy atom. The molecule has 1 unspecified atom stereocenters. The van der Waals surface area contributed by atoms with Gasteiger partial charge in [0.1, 0.15) is 13.1 Å². The molecular weight excluding hydrogens is 366 g/mol. The van der Waals surface area contributed by atoms with Crippen molar-refractivity contribution in [3.63, 3.8) is 0 Å². The topological polar surface area (TPSA) is 59.2 Å². The highest BCUT2D eigenvalue weighted by Gasteiger charge is 2.53. The van der Waals surface area contributed by atoms with Crippen molar-refractivity contribution in [1.29, 1.82) is 0 Å². The number of imide groups is 1. The van der Waals surface area contributed by atoms with Crippen molar-refractivity contribution in [2.75, 3.05) is 33.7 Å². The maximum atomic E-state index is 13.0. The molecule has 7 nitrogen and oxygen atoms in total. The third-order valence-corrected chi connectivity index (χ3v) is 6.33. The van der Waals surface area contributed by atoms with Crippen molar-refractivity contribution < 1.29 is 14.2 Å². The standard InChI is InChI=1S/C22H30N5O2/c1-15-5-7-17(8-6-15)13-27-18(14-26-11-9-16(2)10-12-26)23-20-19(27)21(28)25(4)22(29)24(20)3/h5-8,16,19H,9-14H2,1-4H3/q+1. The van der Waals surface area contributed by atoms with Gasteiger partial charge >= 0.3 is 11.9 Å². The van der Waals surface area contributed by atoms with Gasteiger partial charge in [-0.2, -0.15) is 0 Å². The number of amidine groups is 2. The number of likely N-dealkylation sites (tertiary alicyclic amines) is 1. The predicted octanol–water partition coefficient (Wildman–Crippen LogP) is 1.94. The van der Waals surface area contributed by atoms with E-state index in [0.29, 0.717) is 18.9 Å². The number of carbonyl (C=O) groups is 2. The van der Waals surface area contributed by atoms with E-state index in [4.69, 9.17) is 4.99 Å². The Labute approximate surface area is 172 Å². The summed E-state index contributed by atoms with van der Waals surface area (Å²) >= 11 is 0. The highest BCUT2D eigenvalue weighted by atomic mass is 16.2. The lowest BCUT2D eigenvalue weighted by Gasteiger charge is -2.31. The van der Waals surface area contributed by atoms with E-state index in [1.807, 2.05) is 0 Å². The first-order valence-corrected chi connectivity index (χ1v) is 10.4. The number of likely N-dealkylation sites (N-methyl/N-ethyl adjacent to an activating group) is 2. The minimum atomic E-state index is -0.539. The third kappa shape index (κ3) is 3.71. The zero-order chi connectivity index (χ0) is 20.7. The largest absolute Gasteiger partial charge is 0.333 e. The van der Waals surface area contributed by atoms with Crippen LogP contribution in [-0.4, -0.2) is 82.7 Å². The van der Waals surface area contributed by atoms with Gasteiger partial charge in [0, 0.05) is 14.1 Å². The van der Waals surface area contributed by atoms with Crippen LogP contribution in [0.3, 0.4) is 0 Å². The minimum absolute atomic E-state index is 0.207. The van der Waals surface area contributed by atoms with Crippen molar-refractivity contribution in [2.45, 2.75) is 39.3 Å². The molecule has 0 saturated carbocycles. The molecule has 0 radical (unpaired) electrons. The average molecular weight is 397 g/mol. The fourth-order valence-corrected chi connectivity index (χ4v) is 4.27. The number of aliphatic imine (C=N–C) groups is 1. The summed E-state index contributed by atoms with van der Waals surface area (Å²) in [5.41, 5.74) is 2.34. The summed E-state index contributed by atoms with van der Waals surface area (Å²) in [5, 5.41) is 0. The van der Waals surface area contributed by atoms with Crippen LogP contribution in [0.2, 0.25) is 0 Å². The zero-order valence-corrected chi connectivity index (χ0v) is 17.8. The van der Waals surface area contributed by atoms with Gasteiger partial charge in [-0.15, -0.1) is 0 Å². The summed E-state index contributed by atoms with van der Waals surface area (Å²) in [5.74, 6) is 1.98. The van der Waals surface area contributed by atoms with Gasteiger partial charge in [0.15, 0.2) is 0 Å². The van der Waals surface area contributed by atoms with E-state index in [0.717, 1.165) is 30.4 Å². The molecule has 3 amide bonds. The molecule has 154 valence electrons. The van der Waals surface area contributed by atoms with Crippen molar-refractivity contribution in [2.24, 2.45) is 10.9 Å². The van der Waals surface area contributed by atoms with Crippen LogP contribution in [0.1, 0.15) is 30.9 Å². The maximum absolute atomic E-state index is 13.0. The predicted molar refractivity (Wildman–Crippen MR) is 112 cm³/mol. The number of benzene rings is 1. The molecule has 4 rings (SSSR count). The van der Waals surface area contributed by atoms with Gasteiger partial charge in [0.25, 0.3) is 17.8 Å². The summed E-state index contributed by atoms with van der Waals surface area (Å²) in [7, 11) is 3.25. The van der Waals surface area contributed by atoms with E-state index in [2.05, 4.69) is 47.6 Å². The van der Waals surface area contributed by atoms with Gasteiger partial charge in [-0.1, -0.05) is 36.8 Å². The fourth-order valence-electron chi connectivity index (χ4n) is 4.27. The summed E-state index contributed by atoms with van der Waals surface area (Å²) in [4.78, 5) is 35.4. The van der Waals surface area contributed by atoms with Gasteiger partial charge in [-0.25, -0.2) is 9.37 Å². The smallest absolute Gasteiger partial charge is 0.292 e. The second kappa shape index (κ2) is 7.71. The first-order chi connectivity index (χ1) is 13.8. The molecule has 3 heterocycles. The molecule has 1 aromatic carbocycles. The Bertz CT molecular complexity index is 881. The molecule has 3 aliphatic rings. The van der Waals surface area contributed by atoms with E-state index in [1.165, 1.54) is 28.2 Å². The van der Waals surface area contributed by atoms with E-state index in [-0.39, 0.29) is 11.9 Å². The Morgan fingerprint density at radius 2 is 1.72 bits per heavy atom. The van der Waals surface area contributed by atoms with Crippen LogP contribution in [0.15, 0.2) is 29.3 Å². The van der Waals surface area contributed by atoms with Crippen molar-refractivity contribution in [3.05, 3.63) is 35.4 Å². The molecule has 0 spiro atoms. The van der Waals surface area contributed by atoms with Crippen LogP contribution in [0.4, 0.5) is 4.79 Å². The Balaban J connectivity index is 1.67. The van der Waals surface area contributed by atoms with Gasteiger partial charge < -0.3 is 0 Å². The molecule has 1 aromatic rings. The number of amides is 3. The molecule has 0 aromatic heterocycles. The second-order valence-corrected chi connectivity index (χ2v) is 8.60. The maximum Gasteiger partial charge on any atom is 0.333 e.